The van der Waals surface area contributed by atoms with Crippen molar-refractivity contribution in [3.8, 4) is 0 Å². The van der Waals surface area contributed by atoms with E-state index in [2.05, 4.69) is 10.2 Å². The molecule has 0 saturated heterocycles. The van der Waals surface area contributed by atoms with Crippen LogP contribution in [0.5, 0.6) is 0 Å². The highest BCUT2D eigenvalue weighted by atomic mass is 16.6. The summed E-state index contributed by atoms with van der Waals surface area (Å²) in [6, 6.07) is 7.94. The van der Waals surface area contributed by atoms with Crippen LogP contribution >= 0.6 is 0 Å². The third-order valence-corrected chi connectivity index (χ3v) is 2.45. The SMILES string of the molecule is CONC(=O)[C@@H](NC(=O)OCc1ccccc1)[C@H](C)O. The largest absolute Gasteiger partial charge is 0.445 e. The molecule has 1 rings (SSSR count). The molecule has 0 spiro atoms. The molecule has 1 aromatic rings. The Morgan fingerprint density at radius 2 is 1.95 bits per heavy atom. The number of hydrogen-bond donors (Lipinski definition) is 3. The van der Waals surface area contributed by atoms with Crippen LogP contribution in [0.4, 0.5) is 4.79 Å². The van der Waals surface area contributed by atoms with Crippen molar-refractivity contribution in [2.24, 2.45) is 0 Å². The normalized spacial score (nSPS) is 13.2. The van der Waals surface area contributed by atoms with Gasteiger partial charge in [-0.1, -0.05) is 30.3 Å². The van der Waals surface area contributed by atoms with Crippen LogP contribution in [-0.4, -0.2) is 36.4 Å². The van der Waals surface area contributed by atoms with Crippen molar-refractivity contribution in [2.45, 2.75) is 25.7 Å². The van der Waals surface area contributed by atoms with Gasteiger partial charge < -0.3 is 15.2 Å². The standard InChI is InChI=1S/C13H18N2O5/c1-9(16)11(12(17)15-19-2)14-13(18)20-8-10-6-4-3-5-7-10/h3-7,9,11,16H,8H2,1-2H3,(H,14,18)(H,15,17)/t9-,11-/m0/s1. The zero-order valence-electron chi connectivity index (χ0n) is 11.3. The fraction of sp³-hybridized carbons (Fsp3) is 0.385. The maximum Gasteiger partial charge on any atom is 0.408 e. The first kappa shape index (κ1) is 15.9. The molecule has 0 aromatic heterocycles. The number of amides is 2. The van der Waals surface area contributed by atoms with Crippen LogP contribution in [-0.2, 0) is 21.0 Å². The minimum Gasteiger partial charge on any atom is -0.445 e. The van der Waals surface area contributed by atoms with Gasteiger partial charge in [0.25, 0.3) is 5.91 Å². The van der Waals surface area contributed by atoms with Gasteiger partial charge in [0.2, 0.25) is 0 Å². The second kappa shape index (κ2) is 8.13. The third-order valence-electron chi connectivity index (χ3n) is 2.45. The molecule has 3 N–H and O–H groups in total. The number of carbonyl (C=O) groups excluding carboxylic acids is 2. The van der Waals surface area contributed by atoms with Crippen molar-refractivity contribution in [3.63, 3.8) is 0 Å². The van der Waals surface area contributed by atoms with Crippen LogP contribution in [0.3, 0.4) is 0 Å². The summed E-state index contributed by atoms with van der Waals surface area (Å²) in [5.74, 6) is -0.667. The van der Waals surface area contributed by atoms with E-state index in [1.807, 2.05) is 23.7 Å². The molecule has 0 unspecified atom stereocenters. The van der Waals surface area contributed by atoms with Gasteiger partial charge in [0.15, 0.2) is 0 Å². The second-order valence-corrected chi connectivity index (χ2v) is 4.09. The van der Waals surface area contributed by atoms with Crippen LogP contribution in [0.15, 0.2) is 30.3 Å². The summed E-state index contributed by atoms with van der Waals surface area (Å²) in [5.41, 5.74) is 2.85. The number of alkyl carbamates (subject to hydrolysis) is 1. The number of hydroxylamine groups is 1. The van der Waals surface area contributed by atoms with Crippen LogP contribution < -0.4 is 10.8 Å². The molecule has 1 aromatic carbocycles. The fourth-order valence-corrected chi connectivity index (χ4v) is 1.46. The van der Waals surface area contributed by atoms with Gasteiger partial charge in [-0.2, -0.15) is 0 Å². The number of ether oxygens (including phenoxy) is 1. The minimum atomic E-state index is -1.15. The molecule has 0 bridgehead atoms. The first-order valence-electron chi connectivity index (χ1n) is 6.02. The molecule has 20 heavy (non-hydrogen) atoms. The van der Waals surface area contributed by atoms with Gasteiger partial charge in [-0.25, -0.2) is 10.3 Å². The van der Waals surface area contributed by atoms with Crippen LogP contribution in [0.1, 0.15) is 12.5 Å². The summed E-state index contributed by atoms with van der Waals surface area (Å²) < 4.78 is 4.96. The maximum absolute atomic E-state index is 11.6. The Morgan fingerprint density at radius 1 is 1.30 bits per heavy atom. The summed E-state index contributed by atoms with van der Waals surface area (Å²) in [7, 11) is 1.25. The van der Waals surface area contributed by atoms with E-state index in [4.69, 9.17) is 4.74 Å². The Balaban J connectivity index is 2.48. The van der Waals surface area contributed by atoms with Gasteiger partial charge in [0, 0.05) is 0 Å². The topological polar surface area (TPSA) is 96.9 Å². The van der Waals surface area contributed by atoms with Crippen molar-refractivity contribution in [1.82, 2.24) is 10.8 Å². The highest BCUT2D eigenvalue weighted by Gasteiger charge is 2.26. The molecule has 0 aliphatic carbocycles. The number of rotatable bonds is 6. The smallest absolute Gasteiger partial charge is 0.408 e. The molecule has 0 aliphatic rings. The molecule has 110 valence electrons. The third kappa shape index (κ3) is 5.25. The molecule has 0 heterocycles. The fourth-order valence-electron chi connectivity index (χ4n) is 1.46. The average molecular weight is 282 g/mol. The van der Waals surface area contributed by atoms with E-state index in [0.717, 1.165) is 5.56 Å². The summed E-state index contributed by atoms with van der Waals surface area (Å²) in [6.07, 6.45) is -1.89. The first-order valence-corrected chi connectivity index (χ1v) is 6.02. The van der Waals surface area contributed by atoms with E-state index in [1.165, 1.54) is 14.0 Å². The lowest BCUT2D eigenvalue weighted by atomic mass is 10.2. The molecular formula is C13H18N2O5. The average Bonchev–Trinajstić information content (AvgIpc) is 2.43. The molecule has 2 atom stereocenters. The lowest BCUT2D eigenvalue weighted by Gasteiger charge is -2.19. The van der Waals surface area contributed by atoms with E-state index in [-0.39, 0.29) is 6.61 Å². The van der Waals surface area contributed by atoms with E-state index in [1.54, 1.807) is 12.1 Å². The number of carbonyl (C=O) groups is 2. The molecule has 0 saturated carbocycles. The molecule has 7 nitrogen and oxygen atoms in total. The maximum atomic E-state index is 11.6. The van der Waals surface area contributed by atoms with E-state index < -0.39 is 24.1 Å². The molecular weight excluding hydrogens is 264 g/mol. The van der Waals surface area contributed by atoms with E-state index in [0.29, 0.717) is 0 Å². The highest BCUT2D eigenvalue weighted by molar-refractivity contribution is 5.85. The summed E-state index contributed by atoms with van der Waals surface area (Å²) in [4.78, 5) is 27.5. The van der Waals surface area contributed by atoms with Crippen LogP contribution in [0, 0.1) is 0 Å². The summed E-state index contributed by atoms with van der Waals surface area (Å²) in [5, 5.41) is 11.7. The predicted octanol–water partition coefficient (Wildman–Crippen LogP) is 0.340. The van der Waals surface area contributed by atoms with Crippen molar-refractivity contribution < 1.29 is 24.3 Å². The van der Waals surface area contributed by atoms with Gasteiger partial charge in [-0.15, -0.1) is 0 Å². The number of benzene rings is 1. The Labute approximate surface area is 116 Å². The molecule has 0 radical (unpaired) electrons. The Morgan fingerprint density at radius 3 is 2.50 bits per heavy atom. The summed E-state index contributed by atoms with van der Waals surface area (Å²) in [6.45, 7) is 1.45. The van der Waals surface area contributed by atoms with Crippen LogP contribution in [0.2, 0.25) is 0 Å². The number of hydrogen-bond acceptors (Lipinski definition) is 5. The van der Waals surface area contributed by atoms with Gasteiger partial charge in [-0.3, -0.25) is 9.63 Å². The predicted molar refractivity (Wildman–Crippen MR) is 70.4 cm³/mol. The van der Waals surface area contributed by atoms with Gasteiger partial charge >= 0.3 is 6.09 Å². The highest BCUT2D eigenvalue weighted by Crippen LogP contribution is 2.01. The first-order chi connectivity index (χ1) is 9.54. The van der Waals surface area contributed by atoms with Crippen LogP contribution in [0.25, 0.3) is 0 Å². The zero-order valence-corrected chi connectivity index (χ0v) is 11.3. The van der Waals surface area contributed by atoms with E-state index in [9.17, 15) is 14.7 Å². The summed E-state index contributed by atoms with van der Waals surface area (Å²) >= 11 is 0. The van der Waals surface area contributed by atoms with Gasteiger partial charge in [-0.05, 0) is 12.5 Å². The second-order valence-electron chi connectivity index (χ2n) is 4.09. The Bertz CT molecular complexity index is 436. The lowest BCUT2D eigenvalue weighted by Crippen LogP contribution is -2.52. The van der Waals surface area contributed by atoms with Crippen molar-refractivity contribution in [3.05, 3.63) is 35.9 Å². The monoisotopic (exact) mass is 282 g/mol. The number of aliphatic hydroxyl groups is 1. The van der Waals surface area contributed by atoms with E-state index >= 15 is 0 Å². The molecule has 0 aliphatic heterocycles. The van der Waals surface area contributed by atoms with Gasteiger partial charge in [0.05, 0.1) is 13.2 Å². The van der Waals surface area contributed by atoms with Crippen molar-refractivity contribution >= 4 is 12.0 Å². The molecule has 0 fully saturated rings. The minimum absolute atomic E-state index is 0.0745. The number of nitrogens with one attached hydrogen (secondary N) is 2. The Kier molecular flexibility index (Phi) is 6.48. The zero-order chi connectivity index (χ0) is 15.0. The Hall–Kier alpha value is -2.12. The number of aliphatic hydroxyl groups excluding tert-OH is 1. The van der Waals surface area contributed by atoms with Crippen molar-refractivity contribution in [1.29, 1.82) is 0 Å². The van der Waals surface area contributed by atoms with Gasteiger partial charge in [0.1, 0.15) is 12.6 Å². The molecule has 2 amide bonds. The lowest BCUT2D eigenvalue weighted by molar-refractivity contribution is -0.135. The van der Waals surface area contributed by atoms with Crippen molar-refractivity contribution in [2.75, 3.05) is 7.11 Å². The quantitative estimate of drug-likeness (QED) is 0.654. The molecule has 7 heteroatoms.